The van der Waals surface area contributed by atoms with Gasteiger partial charge in [-0.3, -0.25) is 0 Å². The Morgan fingerprint density at radius 1 is 1.05 bits per heavy atom. The first-order valence-electron chi connectivity index (χ1n) is 6.42. The van der Waals surface area contributed by atoms with Gasteiger partial charge in [-0.05, 0) is 34.7 Å². The van der Waals surface area contributed by atoms with Crippen LogP contribution in [0.25, 0.3) is 0 Å². The fraction of sp³-hybridized carbons (Fsp3) is 0.235. The van der Waals surface area contributed by atoms with Gasteiger partial charge in [-0.15, -0.1) is 0 Å². The molecule has 0 amide bonds. The largest absolute Gasteiger partial charge is 0.504 e. The fourth-order valence-electron chi connectivity index (χ4n) is 1.98. The van der Waals surface area contributed by atoms with Crippen LogP contribution in [0.15, 0.2) is 42.5 Å². The van der Waals surface area contributed by atoms with E-state index in [2.05, 4.69) is 44.5 Å². The van der Waals surface area contributed by atoms with Crippen LogP contribution in [-0.4, -0.2) is 12.2 Å². The van der Waals surface area contributed by atoms with Gasteiger partial charge in [-0.2, -0.15) is 0 Å². The summed E-state index contributed by atoms with van der Waals surface area (Å²) < 4.78 is 5.12. The second kappa shape index (κ2) is 5.79. The Morgan fingerprint density at radius 2 is 1.79 bits per heavy atom. The van der Waals surface area contributed by atoms with E-state index in [1.54, 1.807) is 13.2 Å². The third-order valence-electron chi connectivity index (χ3n) is 3.11. The van der Waals surface area contributed by atoms with Crippen molar-refractivity contribution in [1.82, 2.24) is 0 Å². The summed E-state index contributed by atoms with van der Waals surface area (Å²) in [7, 11) is 1.55. The number of ether oxygens (including phenoxy) is 1. The smallest absolute Gasteiger partial charge is 0.160 e. The van der Waals surface area contributed by atoms with Gasteiger partial charge in [0.15, 0.2) is 11.5 Å². The zero-order chi connectivity index (χ0) is 13.8. The Morgan fingerprint density at radius 3 is 2.47 bits per heavy atom. The van der Waals surface area contributed by atoms with E-state index in [9.17, 15) is 5.11 Å². The van der Waals surface area contributed by atoms with Crippen LogP contribution in [0.5, 0.6) is 11.5 Å². The van der Waals surface area contributed by atoms with E-state index in [1.807, 2.05) is 12.1 Å². The summed E-state index contributed by atoms with van der Waals surface area (Å²) in [5.41, 5.74) is 3.48. The fourth-order valence-corrected chi connectivity index (χ4v) is 1.98. The molecule has 1 radical (unpaired) electrons. The lowest BCUT2D eigenvalue weighted by atomic mass is 9.97. The second-order valence-corrected chi connectivity index (χ2v) is 4.90. The lowest BCUT2D eigenvalue weighted by molar-refractivity contribution is 0.373. The van der Waals surface area contributed by atoms with Crippen molar-refractivity contribution in [3.8, 4) is 11.5 Å². The molecule has 19 heavy (non-hydrogen) atoms. The average Bonchev–Trinajstić information content (AvgIpc) is 2.41. The molecule has 0 bridgehead atoms. The molecule has 0 heterocycles. The first kappa shape index (κ1) is 13.5. The third kappa shape index (κ3) is 3.28. The molecular formula is C17H19O2. The molecule has 2 heteroatoms. The lowest BCUT2D eigenvalue weighted by Gasteiger charge is -2.09. The highest BCUT2D eigenvalue weighted by Gasteiger charge is 2.05. The number of methoxy groups -OCH3 is 1. The van der Waals surface area contributed by atoms with Crippen LogP contribution in [0.3, 0.4) is 0 Å². The van der Waals surface area contributed by atoms with Crippen molar-refractivity contribution in [3.05, 3.63) is 65.6 Å². The van der Waals surface area contributed by atoms with Crippen molar-refractivity contribution >= 4 is 0 Å². The predicted octanol–water partition coefficient (Wildman–Crippen LogP) is 4.12. The molecule has 0 saturated heterocycles. The van der Waals surface area contributed by atoms with E-state index in [0.717, 1.165) is 11.1 Å². The maximum absolute atomic E-state index is 9.58. The van der Waals surface area contributed by atoms with E-state index >= 15 is 0 Å². The summed E-state index contributed by atoms with van der Waals surface area (Å²) >= 11 is 0. The molecule has 2 aromatic carbocycles. The minimum absolute atomic E-state index is 0.163. The highest BCUT2D eigenvalue weighted by Crippen LogP contribution is 2.28. The number of aromatic hydroxyl groups is 1. The lowest BCUT2D eigenvalue weighted by Crippen LogP contribution is -1.92. The van der Waals surface area contributed by atoms with Gasteiger partial charge in [-0.25, -0.2) is 0 Å². The van der Waals surface area contributed by atoms with Crippen molar-refractivity contribution in [2.45, 2.75) is 19.8 Å². The number of rotatable bonds is 4. The van der Waals surface area contributed by atoms with Crippen LogP contribution in [0, 0.1) is 6.42 Å². The molecule has 0 saturated carbocycles. The molecule has 0 unspecified atom stereocenters. The summed E-state index contributed by atoms with van der Waals surface area (Å²) in [5.74, 6) is 1.17. The molecule has 0 atom stereocenters. The van der Waals surface area contributed by atoms with Gasteiger partial charge in [0.2, 0.25) is 0 Å². The van der Waals surface area contributed by atoms with Crippen molar-refractivity contribution in [2.24, 2.45) is 0 Å². The molecule has 99 valence electrons. The number of benzene rings is 2. The Hall–Kier alpha value is -1.96. The first-order valence-corrected chi connectivity index (χ1v) is 6.42. The molecule has 2 nitrogen and oxygen atoms in total. The highest BCUT2D eigenvalue weighted by molar-refractivity contribution is 5.47. The van der Waals surface area contributed by atoms with Crippen LogP contribution < -0.4 is 4.74 Å². The van der Waals surface area contributed by atoms with E-state index in [0.29, 0.717) is 11.7 Å². The molecule has 0 aliphatic carbocycles. The van der Waals surface area contributed by atoms with Gasteiger partial charge < -0.3 is 9.84 Å². The molecule has 2 rings (SSSR count). The zero-order valence-electron chi connectivity index (χ0n) is 11.6. The Bertz CT molecular complexity index is 559. The Kier molecular flexibility index (Phi) is 4.10. The summed E-state index contributed by atoms with van der Waals surface area (Å²) in [6, 6.07) is 13.8. The normalized spacial score (nSPS) is 10.7. The maximum atomic E-state index is 9.58. The van der Waals surface area contributed by atoms with Gasteiger partial charge in [0.25, 0.3) is 0 Å². The molecule has 0 aliphatic rings. The number of hydrogen-bond donors (Lipinski definition) is 1. The molecule has 1 N–H and O–H groups in total. The molecule has 0 fully saturated rings. The molecule has 2 aromatic rings. The quantitative estimate of drug-likeness (QED) is 0.890. The number of hydrogen-bond acceptors (Lipinski definition) is 2. The summed E-state index contributed by atoms with van der Waals surface area (Å²) in [6.45, 7) is 4.37. The Balaban J connectivity index is 2.23. The van der Waals surface area contributed by atoms with Crippen molar-refractivity contribution in [1.29, 1.82) is 0 Å². The van der Waals surface area contributed by atoms with Crippen molar-refractivity contribution < 1.29 is 9.84 Å². The van der Waals surface area contributed by atoms with E-state index < -0.39 is 0 Å². The van der Waals surface area contributed by atoms with Gasteiger partial charge in [0.1, 0.15) is 0 Å². The van der Waals surface area contributed by atoms with Crippen molar-refractivity contribution in [3.63, 3.8) is 0 Å². The topological polar surface area (TPSA) is 29.5 Å². The van der Waals surface area contributed by atoms with Gasteiger partial charge in [-0.1, -0.05) is 44.2 Å². The molecule has 0 aromatic heterocycles. The number of phenolic OH excluding ortho intramolecular Hbond substituents is 1. The molecular weight excluding hydrogens is 236 g/mol. The third-order valence-corrected chi connectivity index (χ3v) is 3.11. The standard InChI is InChI=1S/C17H19O2/c1-12(2)15-6-4-5-13(10-15)9-14-7-8-16(18)17(11-14)19-3/h4-12,18H,1-3H3. The van der Waals surface area contributed by atoms with E-state index in [-0.39, 0.29) is 5.75 Å². The SMILES string of the molecule is COc1cc([CH]c2cccc(C(C)C)c2)ccc1O. The average molecular weight is 255 g/mol. The van der Waals surface area contributed by atoms with Crippen LogP contribution in [0.2, 0.25) is 0 Å². The zero-order valence-corrected chi connectivity index (χ0v) is 11.6. The van der Waals surface area contributed by atoms with Crippen molar-refractivity contribution in [2.75, 3.05) is 7.11 Å². The summed E-state index contributed by atoms with van der Waals surface area (Å²) in [5, 5.41) is 9.58. The van der Waals surface area contributed by atoms with Gasteiger partial charge >= 0.3 is 0 Å². The monoisotopic (exact) mass is 255 g/mol. The summed E-state index contributed by atoms with van der Waals surface area (Å²) in [6.07, 6.45) is 2.08. The summed E-state index contributed by atoms with van der Waals surface area (Å²) in [4.78, 5) is 0. The molecule has 0 spiro atoms. The highest BCUT2D eigenvalue weighted by atomic mass is 16.5. The van der Waals surface area contributed by atoms with E-state index in [4.69, 9.17) is 4.74 Å². The van der Waals surface area contributed by atoms with Crippen LogP contribution in [-0.2, 0) is 0 Å². The minimum Gasteiger partial charge on any atom is -0.504 e. The van der Waals surface area contributed by atoms with Crippen LogP contribution in [0.4, 0.5) is 0 Å². The Labute approximate surface area is 114 Å². The molecule has 0 aliphatic heterocycles. The van der Waals surface area contributed by atoms with E-state index in [1.165, 1.54) is 5.56 Å². The predicted molar refractivity (Wildman–Crippen MR) is 77.7 cm³/mol. The minimum atomic E-state index is 0.163. The van der Waals surface area contributed by atoms with Crippen LogP contribution in [0.1, 0.15) is 36.5 Å². The maximum Gasteiger partial charge on any atom is 0.160 e. The van der Waals surface area contributed by atoms with Crippen LogP contribution >= 0.6 is 0 Å². The van der Waals surface area contributed by atoms with Gasteiger partial charge in [0, 0.05) is 6.42 Å². The number of phenols is 1. The second-order valence-electron chi connectivity index (χ2n) is 4.90. The van der Waals surface area contributed by atoms with Gasteiger partial charge in [0.05, 0.1) is 7.11 Å². The first-order chi connectivity index (χ1) is 9.10.